The van der Waals surface area contributed by atoms with E-state index in [-0.39, 0.29) is 0 Å². The summed E-state index contributed by atoms with van der Waals surface area (Å²) in [6, 6.07) is 17.8. The second-order valence-electron chi connectivity index (χ2n) is 5.68. The van der Waals surface area contributed by atoms with Crippen molar-refractivity contribution in [1.82, 2.24) is 10.3 Å². The monoisotopic (exact) mass is 416 g/mol. The molecule has 3 rings (SSSR count). The third-order valence-corrected chi connectivity index (χ3v) is 6.91. The van der Waals surface area contributed by atoms with Crippen molar-refractivity contribution >= 4 is 41.0 Å². The minimum Gasteiger partial charge on any atom is -0.407 e. The summed E-state index contributed by atoms with van der Waals surface area (Å²) >= 11 is 5.02. The van der Waals surface area contributed by atoms with Gasteiger partial charge in [-0.3, -0.25) is 0 Å². The summed E-state index contributed by atoms with van der Waals surface area (Å²) < 4.78 is 5.46. The van der Waals surface area contributed by atoms with Crippen LogP contribution >= 0.6 is 34.9 Å². The maximum absolute atomic E-state index is 12.1. The summed E-state index contributed by atoms with van der Waals surface area (Å²) in [7, 11) is 0. The van der Waals surface area contributed by atoms with Crippen LogP contribution in [0.4, 0.5) is 4.79 Å². The van der Waals surface area contributed by atoms with Crippen LogP contribution in [0.25, 0.3) is 0 Å². The van der Waals surface area contributed by atoms with Gasteiger partial charge < -0.3 is 10.1 Å². The van der Waals surface area contributed by atoms with Gasteiger partial charge in [0.1, 0.15) is 5.03 Å². The number of carbonyl (C=O) groups excluding carboxylic acids is 1. The van der Waals surface area contributed by atoms with E-state index in [1.165, 1.54) is 4.90 Å². The molecule has 2 heterocycles. The number of carbonyl (C=O) groups is 1. The molecule has 0 spiro atoms. The van der Waals surface area contributed by atoms with E-state index < -0.39 is 6.09 Å². The Morgan fingerprint density at radius 1 is 1.19 bits per heavy atom. The summed E-state index contributed by atoms with van der Waals surface area (Å²) in [6.45, 7) is 2.64. The molecule has 0 fully saturated rings. The highest BCUT2D eigenvalue weighted by Gasteiger charge is 2.13. The minimum absolute atomic E-state index is 0.403. The molecule has 0 bridgehead atoms. The molecule has 0 aliphatic carbocycles. The molecule has 1 atom stereocenters. The van der Waals surface area contributed by atoms with E-state index in [1.54, 1.807) is 41.4 Å². The molecule has 140 valence electrons. The average molecular weight is 417 g/mol. The van der Waals surface area contributed by atoms with E-state index in [2.05, 4.69) is 29.4 Å². The van der Waals surface area contributed by atoms with Crippen molar-refractivity contribution in [1.29, 1.82) is 0 Å². The van der Waals surface area contributed by atoms with Crippen LogP contribution < -0.4 is 10.1 Å². The topological polar surface area (TPSA) is 51.2 Å². The molecular weight excluding hydrogens is 396 g/mol. The van der Waals surface area contributed by atoms with E-state index in [1.807, 2.05) is 47.5 Å². The molecule has 0 aliphatic heterocycles. The standard InChI is InChI=1S/C20H20N2O2S3/c1-15(27-16-7-3-2-4-8-16)14-26-19-18(10-5-11-21-19)24-20(23)22-13-17-9-6-12-25-17/h2-12,15H,13-14H2,1H3,(H,22,23). The van der Waals surface area contributed by atoms with E-state index >= 15 is 0 Å². The van der Waals surface area contributed by atoms with Crippen LogP contribution in [0.15, 0.2) is 76.1 Å². The number of benzene rings is 1. The number of amides is 1. The number of hydrogen-bond donors (Lipinski definition) is 1. The molecule has 7 heteroatoms. The Kier molecular flexibility index (Phi) is 7.62. The Morgan fingerprint density at radius 2 is 2.04 bits per heavy atom. The molecule has 0 saturated carbocycles. The molecule has 0 saturated heterocycles. The Hall–Kier alpha value is -1.96. The molecule has 3 aromatic rings. The first-order valence-corrected chi connectivity index (χ1v) is 11.2. The van der Waals surface area contributed by atoms with Gasteiger partial charge in [-0.1, -0.05) is 31.2 Å². The zero-order chi connectivity index (χ0) is 18.9. The maximum atomic E-state index is 12.1. The number of pyridine rings is 1. The quantitative estimate of drug-likeness (QED) is 0.477. The summed E-state index contributed by atoms with van der Waals surface area (Å²) in [6.07, 6.45) is 1.25. The summed E-state index contributed by atoms with van der Waals surface area (Å²) in [5.41, 5.74) is 0. The molecule has 2 aromatic heterocycles. The highest BCUT2D eigenvalue weighted by molar-refractivity contribution is 8.03. The Labute approximate surface area is 171 Å². The van der Waals surface area contributed by atoms with Gasteiger partial charge >= 0.3 is 6.09 Å². The fourth-order valence-corrected chi connectivity index (χ4v) is 4.91. The van der Waals surface area contributed by atoms with Crippen molar-refractivity contribution in [2.75, 3.05) is 5.75 Å². The fraction of sp³-hybridized carbons (Fsp3) is 0.200. The third kappa shape index (κ3) is 6.61. The van der Waals surface area contributed by atoms with Gasteiger partial charge in [0.05, 0.1) is 6.54 Å². The first kappa shape index (κ1) is 19.8. The first-order valence-electron chi connectivity index (χ1n) is 8.48. The predicted octanol–water partition coefficient (Wildman–Crippen LogP) is 5.70. The highest BCUT2D eigenvalue weighted by Crippen LogP contribution is 2.31. The lowest BCUT2D eigenvalue weighted by molar-refractivity contribution is 0.198. The molecule has 1 unspecified atom stereocenters. The van der Waals surface area contributed by atoms with Crippen LogP contribution in [0, 0.1) is 0 Å². The minimum atomic E-state index is -0.468. The molecule has 27 heavy (non-hydrogen) atoms. The second kappa shape index (κ2) is 10.4. The van der Waals surface area contributed by atoms with Crippen molar-refractivity contribution in [2.24, 2.45) is 0 Å². The van der Waals surface area contributed by atoms with Gasteiger partial charge in [0.15, 0.2) is 5.75 Å². The molecule has 1 amide bonds. The van der Waals surface area contributed by atoms with Gasteiger partial charge in [0.25, 0.3) is 0 Å². The zero-order valence-electron chi connectivity index (χ0n) is 14.8. The molecule has 1 aromatic carbocycles. The second-order valence-corrected chi connectivity index (χ2v) is 9.23. The van der Waals surface area contributed by atoms with E-state index in [0.717, 1.165) is 15.7 Å². The normalized spacial score (nSPS) is 11.7. The number of aromatic nitrogens is 1. The Morgan fingerprint density at radius 3 is 2.81 bits per heavy atom. The van der Waals surface area contributed by atoms with Crippen LogP contribution in [-0.2, 0) is 6.54 Å². The van der Waals surface area contributed by atoms with Gasteiger partial charge in [-0.2, -0.15) is 0 Å². The van der Waals surface area contributed by atoms with Gasteiger partial charge in [-0.25, -0.2) is 9.78 Å². The average Bonchev–Trinajstić information content (AvgIpc) is 3.20. The van der Waals surface area contributed by atoms with Crippen molar-refractivity contribution in [3.05, 3.63) is 71.1 Å². The number of thioether (sulfide) groups is 2. The number of nitrogens with zero attached hydrogens (tertiary/aromatic N) is 1. The predicted molar refractivity (Wildman–Crippen MR) is 114 cm³/mol. The van der Waals surface area contributed by atoms with E-state index in [4.69, 9.17) is 4.74 Å². The SMILES string of the molecule is CC(CSc1ncccc1OC(=O)NCc1cccs1)Sc1ccccc1. The van der Waals surface area contributed by atoms with E-state index in [0.29, 0.717) is 17.5 Å². The van der Waals surface area contributed by atoms with Gasteiger partial charge in [0, 0.05) is 27.0 Å². The molecule has 0 aliphatic rings. The number of hydrogen-bond acceptors (Lipinski definition) is 6. The van der Waals surface area contributed by atoms with Gasteiger partial charge in [-0.15, -0.1) is 34.9 Å². The lowest BCUT2D eigenvalue weighted by atomic mass is 10.4. The van der Waals surface area contributed by atoms with Crippen molar-refractivity contribution in [3.8, 4) is 5.75 Å². The number of nitrogens with one attached hydrogen (secondary N) is 1. The number of rotatable bonds is 8. The number of ether oxygens (including phenoxy) is 1. The zero-order valence-corrected chi connectivity index (χ0v) is 17.3. The molecule has 1 N–H and O–H groups in total. The third-order valence-electron chi connectivity index (χ3n) is 3.46. The van der Waals surface area contributed by atoms with Crippen molar-refractivity contribution in [3.63, 3.8) is 0 Å². The van der Waals surface area contributed by atoms with Crippen LogP contribution in [-0.4, -0.2) is 22.1 Å². The molecule has 0 radical (unpaired) electrons. The van der Waals surface area contributed by atoms with Crippen LogP contribution in [0.3, 0.4) is 0 Å². The van der Waals surface area contributed by atoms with Crippen molar-refractivity contribution in [2.45, 2.75) is 28.6 Å². The van der Waals surface area contributed by atoms with Crippen LogP contribution in [0.1, 0.15) is 11.8 Å². The first-order chi connectivity index (χ1) is 13.2. The van der Waals surface area contributed by atoms with Crippen molar-refractivity contribution < 1.29 is 9.53 Å². The largest absolute Gasteiger partial charge is 0.412 e. The lowest BCUT2D eigenvalue weighted by Gasteiger charge is -2.12. The molecular formula is C20H20N2O2S3. The smallest absolute Gasteiger partial charge is 0.407 e. The highest BCUT2D eigenvalue weighted by atomic mass is 32.2. The summed E-state index contributed by atoms with van der Waals surface area (Å²) in [5, 5.41) is 5.87. The Balaban J connectivity index is 1.51. The summed E-state index contributed by atoms with van der Waals surface area (Å²) in [5.74, 6) is 1.35. The lowest BCUT2D eigenvalue weighted by Crippen LogP contribution is -2.26. The molecule has 4 nitrogen and oxygen atoms in total. The Bertz CT molecular complexity index is 841. The van der Waals surface area contributed by atoms with Crippen LogP contribution in [0.2, 0.25) is 0 Å². The maximum Gasteiger partial charge on any atom is 0.412 e. The van der Waals surface area contributed by atoms with Crippen LogP contribution in [0.5, 0.6) is 5.75 Å². The fourth-order valence-electron chi connectivity index (χ4n) is 2.23. The summed E-state index contributed by atoms with van der Waals surface area (Å²) in [4.78, 5) is 18.8. The van der Waals surface area contributed by atoms with Gasteiger partial charge in [0.2, 0.25) is 0 Å². The van der Waals surface area contributed by atoms with E-state index in [9.17, 15) is 4.79 Å². The van der Waals surface area contributed by atoms with Gasteiger partial charge in [-0.05, 0) is 35.7 Å². The number of thiophene rings is 1.